The van der Waals surface area contributed by atoms with Gasteiger partial charge in [-0.05, 0) is 17.0 Å². The molecular formula is C19H20NO+. The van der Waals surface area contributed by atoms with Crippen LogP contribution < -0.4 is 0 Å². The van der Waals surface area contributed by atoms with Crippen molar-refractivity contribution in [3.8, 4) is 23.0 Å². The molecule has 106 valence electrons. The van der Waals surface area contributed by atoms with Gasteiger partial charge >= 0.3 is 0 Å². The molecule has 2 nitrogen and oxygen atoms in total. The number of aliphatic hydroxyl groups is 1. The summed E-state index contributed by atoms with van der Waals surface area (Å²) in [6.07, 6.45) is 0. The zero-order chi connectivity index (χ0) is 15.1. The molecule has 0 amide bonds. The molecule has 1 aliphatic carbocycles. The molecule has 2 aromatic carbocycles. The van der Waals surface area contributed by atoms with Crippen LogP contribution in [0.2, 0.25) is 0 Å². The van der Waals surface area contributed by atoms with Crippen LogP contribution in [0.25, 0.3) is 11.1 Å². The summed E-state index contributed by atoms with van der Waals surface area (Å²) in [6.45, 7) is 0.701. The molecule has 2 aromatic rings. The Balaban J connectivity index is 2.14. The number of rotatable bonds is 1. The zero-order valence-electron chi connectivity index (χ0n) is 12.7. The second-order valence-corrected chi connectivity index (χ2v) is 6.55. The minimum atomic E-state index is -1.19. The third kappa shape index (κ3) is 2.35. The van der Waals surface area contributed by atoms with Gasteiger partial charge in [-0.1, -0.05) is 54.5 Å². The van der Waals surface area contributed by atoms with Crippen LogP contribution in [-0.2, 0) is 5.60 Å². The van der Waals surface area contributed by atoms with Crippen molar-refractivity contribution in [1.29, 1.82) is 0 Å². The van der Waals surface area contributed by atoms with E-state index in [0.717, 1.165) is 26.7 Å². The van der Waals surface area contributed by atoms with Crippen LogP contribution in [0.5, 0.6) is 0 Å². The van der Waals surface area contributed by atoms with Gasteiger partial charge in [0.2, 0.25) is 0 Å². The minimum absolute atomic E-state index is 0.701. The largest absolute Gasteiger partial charge is 0.369 e. The van der Waals surface area contributed by atoms with E-state index in [-0.39, 0.29) is 0 Å². The molecule has 0 bridgehead atoms. The molecule has 0 saturated carbocycles. The summed E-state index contributed by atoms with van der Waals surface area (Å²) in [6, 6.07) is 15.9. The summed E-state index contributed by atoms with van der Waals surface area (Å²) in [7, 11) is 6.28. The maximum absolute atomic E-state index is 11.2. The number of nitrogens with zero attached hydrogens (tertiary/aromatic N) is 1. The Kier molecular flexibility index (Phi) is 3.13. The van der Waals surface area contributed by atoms with E-state index in [2.05, 4.69) is 33.0 Å². The molecule has 1 aliphatic rings. The van der Waals surface area contributed by atoms with Gasteiger partial charge in [-0.3, -0.25) is 0 Å². The van der Waals surface area contributed by atoms with E-state index in [0.29, 0.717) is 6.54 Å². The second kappa shape index (κ2) is 4.73. The number of fused-ring (bicyclic) bond motifs is 3. The average molecular weight is 278 g/mol. The molecule has 0 heterocycles. The van der Waals surface area contributed by atoms with Crippen LogP contribution in [0, 0.1) is 11.8 Å². The number of hydrogen-bond donors (Lipinski definition) is 1. The van der Waals surface area contributed by atoms with Crippen molar-refractivity contribution in [2.24, 2.45) is 0 Å². The summed E-state index contributed by atoms with van der Waals surface area (Å²) in [5, 5.41) is 11.2. The molecule has 0 aliphatic heterocycles. The smallest absolute Gasteiger partial charge is 0.178 e. The maximum Gasteiger partial charge on any atom is 0.178 e. The first-order valence-electron chi connectivity index (χ1n) is 7.14. The molecule has 0 spiro atoms. The van der Waals surface area contributed by atoms with Crippen molar-refractivity contribution < 1.29 is 9.59 Å². The normalized spacial score (nSPS) is 14.9. The van der Waals surface area contributed by atoms with Crippen molar-refractivity contribution in [2.75, 3.05) is 27.7 Å². The quantitative estimate of drug-likeness (QED) is 0.628. The van der Waals surface area contributed by atoms with E-state index >= 15 is 0 Å². The first-order chi connectivity index (χ1) is 9.92. The molecule has 21 heavy (non-hydrogen) atoms. The van der Waals surface area contributed by atoms with Gasteiger partial charge < -0.3 is 9.59 Å². The highest BCUT2D eigenvalue weighted by Crippen LogP contribution is 2.46. The van der Waals surface area contributed by atoms with Crippen molar-refractivity contribution in [3.63, 3.8) is 0 Å². The SMILES string of the molecule is C[N+](C)(C)CC#CC1(O)c2ccccc2-c2ccccc21. The van der Waals surface area contributed by atoms with Crippen LogP contribution in [0.4, 0.5) is 0 Å². The third-order valence-electron chi connectivity index (χ3n) is 3.75. The minimum Gasteiger partial charge on any atom is -0.369 e. The van der Waals surface area contributed by atoms with Crippen LogP contribution >= 0.6 is 0 Å². The first-order valence-corrected chi connectivity index (χ1v) is 7.14. The van der Waals surface area contributed by atoms with Gasteiger partial charge in [-0.2, -0.15) is 0 Å². The number of benzene rings is 2. The number of hydrogen-bond acceptors (Lipinski definition) is 1. The van der Waals surface area contributed by atoms with E-state index in [1.54, 1.807) is 0 Å². The van der Waals surface area contributed by atoms with Crippen LogP contribution in [0.1, 0.15) is 11.1 Å². The molecule has 0 atom stereocenters. The fourth-order valence-corrected chi connectivity index (χ4v) is 2.75. The van der Waals surface area contributed by atoms with Crippen molar-refractivity contribution >= 4 is 0 Å². The molecule has 0 fully saturated rings. The van der Waals surface area contributed by atoms with Crippen molar-refractivity contribution in [3.05, 3.63) is 59.7 Å². The van der Waals surface area contributed by atoms with Crippen molar-refractivity contribution in [2.45, 2.75) is 5.60 Å². The zero-order valence-corrected chi connectivity index (χ0v) is 12.7. The number of quaternary nitrogens is 1. The van der Waals surface area contributed by atoms with Gasteiger partial charge in [0, 0.05) is 11.1 Å². The molecule has 2 heteroatoms. The molecule has 0 radical (unpaired) electrons. The fourth-order valence-electron chi connectivity index (χ4n) is 2.75. The van der Waals surface area contributed by atoms with Gasteiger partial charge in [-0.25, -0.2) is 0 Å². The Morgan fingerprint density at radius 1 is 0.905 bits per heavy atom. The Labute approximate surface area is 126 Å². The van der Waals surface area contributed by atoms with Gasteiger partial charge in [-0.15, -0.1) is 0 Å². The lowest BCUT2D eigenvalue weighted by molar-refractivity contribution is -0.862. The van der Waals surface area contributed by atoms with Gasteiger partial charge in [0.1, 0.15) is 6.54 Å². The van der Waals surface area contributed by atoms with E-state index in [9.17, 15) is 5.11 Å². The third-order valence-corrected chi connectivity index (χ3v) is 3.75. The predicted molar refractivity (Wildman–Crippen MR) is 85.6 cm³/mol. The average Bonchev–Trinajstić information content (AvgIpc) is 2.69. The molecule has 0 unspecified atom stereocenters. The van der Waals surface area contributed by atoms with Crippen LogP contribution in [-0.4, -0.2) is 37.3 Å². The van der Waals surface area contributed by atoms with E-state index in [1.165, 1.54) is 0 Å². The fraction of sp³-hybridized carbons (Fsp3) is 0.263. The Morgan fingerprint density at radius 2 is 1.38 bits per heavy atom. The summed E-state index contributed by atoms with van der Waals surface area (Å²) in [5.41, 5.74) is 2.74. The monoisotopic (exact) mass is 278 g/mol. The lowest BCUT2D eigenvalue weighted by Crippen LogP contribution is -2.34. The molecule has 3 rings (SSSR count). The van der Waals surface area contributed by atoms with Crippen molar-refractivity contribution in [1.82, 2.24) is 0 Å². The highest BCUT2D eigenvalue weighted by molar-refractivity contribution is 5.81. The predicted octanol–water partition coefficient (Wildman–Crippen LogP) is 2.61. The van der Waals surface area contributed by atoms with E-state index in [1.807, 2.05) is 48.5 Å². The summed E-state index contributed by atoms with van der Waals surface area (Å²) < 4.78 is 0.756. The Morgan fingerprint density at radius 3 is 1.86 bits per heavy atom. The molecule has 0 saturated heterocycles. The highest BCUT2D eigenvalue weighted by atomic mass is 16.3. The molecule has 1 N–H and O–H groups in total. The lowest BCUT2D eigenvalue weighted by atomic mass is 9.92. The lowest BCUT2D eigenvalue weighted by Gasteiger charge is -2.22. The Hall–Kier alpha value is -2.08. The summed E-state index contributed by atoms with van der Waals surface area (Å²) in [4.78, 5) is 0. The summed E-state index contributed by atoms with van der Waals surface area (Å²) in [5.74, 6) is 6.28. The van der Waals surface area contributed by atoms with Gasteiger partial charge in [0.15, 0.2) is 5.60 Å². The topological polar surface area (TPSA) is 20.2 Å². The van der Waals surface area contributed by atoms with Crippen LogP contribution in [0.3, 0.4) is 0 Å². The second-order valence-electron chi connectivity index (χ2n) is 6.55. The maximum atomic E-state index is 11.2. The van der Waals surface area contributed by atoms with Gasteiger partial charge in [0.25, 0.3) is 0 Å². The van der Waals surface area contributed by atoms with E-state index in [4.69, 9.17) is 0 Å². The first kappa shape index (κ1) is 13.9. The van der Waals surface area contributed by atoms with E-state index < -0.39 is 5.60 Å². The Bertz CT molecular complexity index is 698. The van der Waals surface area contributed by atoms with Crippen LogP contribution in [0.15, 0.2) is 48.5 Å². The summed E-state index contributed by atoms with van der Waals surface area (Å²) >= 11 is 0. The molecule has 0 aromatic heterocycles. The standard InChI is InChI=1S/C19H20NO/c1-20(2,3)14-8-13-19(21)17-11-6-4-9-15(17)16-10-5-7-12-18(16)19/h4-7,9-12,21H,14H2,1-3H3/q+1. The molecular weight excluding hydrogens is 258 g/mol. The highest BCUT2D eigenvalue weighted by Gasteiger charge is 2.39. The van der Waals surface area contributed by atoms with Gasteiger partial charge in [0.05, 0.1) is 21.1 Å².